The fraction of sp³-hybridized carbons (Fsp3) is 0.0667. The third-order valence-corrected chi connectivity index (χ3v) is 3.61. The van der Waals surface area contributed by atoms with E-state index in [0.29, 0.717) is 20.8 Å². The molecule has 21 heavy (non-hydrogen) atoms. The van der Waals surface area contributed by atoms with Crippen LogP contribution in [0.2, 0.25) is 0 Å². The first-order chi connectivity index (χ1) is 10.2. The number of hydrogen-bond donors (Lipinski definition) is 1. The molecule has 1 N–H and O–H groups in total. The molecule has 0 saturated heterocycles. The number of nitrogens with zero attached hydrogens (tertiary/aromatic N) is 1. The second-order valence-electron chi connectivity index (χ2n) is 4.27. The van der Waals surface area contributed by atoms with Crippen LogP contribution < -0.4 is 19.5 Å². The van der Waals surface area contributed by atoms with Gasteiger partial charge in [-0.1, -0.05) is 18.7 Å². The molecule has 0 amide bonds. The number of nitrogens with one attached hydrogen (secondary N) is 1. The van der Waals surface area contributed by atoms with E-state index in [1.165, 1.54) is 17.6 Å². The highest BCUT2D eigenvalue weighted by Gasteiger charge is 2.00. The van der Waals surface area contributed by atoms with Crippen LogP contribution in [-0.2, 0) is 6.61 Å². The Kier molecular flexibility index (Phi) is 3.70. The van der Waals surface area contributed by atoms with Gasteiger partial charge in [-0.15, -0.1) is 11.3 Å². The number of H-pyrrole nitrogens is 1. The van der Waals surface area contributed by atoms with Crippen LogP contribution in [0.25, 0.3) is 12.7 Å². The van der Waals surface area contributed by atoms with Crippen molar-refractivity contribution in [1.82, 2.24) is 9.97 Å². The Balaban J connectivity index is 1.75. The molecule has 106 valence electrons. The third kappa shape index (κ3) is 3.29. The van der Waals surface area contributed by atoms with E-state index in [1.807, 2.05) is 30.3 Å². The lowest BCUT2D eigenvalue weighted by atomic mass is 10.2. The third-order valence-electron chi connectivity index (χ3n) is 2.73. The second-order valence-corrected chi connectivity index (χ2v) is 5.41. The van der Waals surface area contributed by atoms with E-state index in [4.69, 9.17) is 9.15 Å². The molecule has 0 aliphatic carbocycles. The lowest BCUT2D eigenvalue weighted by Gasteiger charge is -2.03. The van der Waals surface area contributed by atoms with E-state index in [0.717, 1.165) is 5.56 Å². The zero-order chi connectivity index (χ0) is 14.7. The molecule has 3 rings (SSSR count). The van der Waals surface area contributed by atoms with Crippen LogP contribution >= 0.6 is 11.3 Å². The SMILES string of the molecule is C=c1[nH]c(=O)/c(=C/c2ccc(OCc3ncco3)cc2)s1. The summed E-state index contributed by atoms with van der Waals surface area (Å²) in [6.45, 7) is 4.00. The first-order valence-electron chi connectivity index (χ1n) is 6.22. The van der Waals surface area contributed by atoms with Gasteiger partial charge in [-0.3, -0.25) is 4.79 Å². The Labute approximate surface area is 123 Å². The van der Waals surface area contributed by atoms with Gasteiger partial charge in [-0.05, 0) is 23.8 Å². The van der Waals surface area contributed by atoms with Crippen molar-refractivity contribution in [3.05, 3.63) is 67.7 Å². The van der Waals surface area contributed by atoms with Gasteiger partial charge in [0.2, 0.25) is 5.89 Å². The molecule has 3 aromatic rings. The molecule has 2 heterocycles. The number of aromatic nitrogens is 2. The summed E-state index contributed by atoms with van der Waals surface area (Å²) in [5.74, 6) is 1.24. The van der Waals surface area contributed by atoms with Crippen molar-refractivity contribution in [2.24, 2.45) is 0 Å². The minimum absolute atomic E-state index is 0.116. The number of ether oxygens (including phenoxy) is 1. The summed E-state index contributed by atoms with van der Waals surface area (Å²) < 4.78 is 11.9. The van der Waals surface area contributed by atoms with E-state index in [9.17, 15) is 4.79 Å². The Bertz CT molecular complexity index is 876. The lowest BCUT2D eigenvalue weighted by molar-refractivity contribution is 0.263. The fourth-order valence-corrected chi connectivity index (χ4v) is 2.52. The number of benzene rings is 1. The summed E-state index contributed by atoms with van der Waals surface area (Å²) in [6.07, 6.45) is 4.90. The molecule has 0 aliphatic rings. The minimum Gasteiger partial charge on any atom is -0.484 e. The van der Waals surface area contributed by atoms with Gasteiger partial charge < -0.3 is 14.1 Å². The van der Waals surface area contributed by atoms with Crippen LogP contribution in [0.3, 0.4) is 0 Å². The molecule has 0 atom stereocenters. The first kappa shape index (κ1) is 13.4. The molecule has 6 heteroatoms. The van der Waals surface area contributed by atoms with Crippen LogP contribution in [0, 0.1) is 0 Å². The summed E-state index contributed by atoms with van der Waals surface area (Å²) in [5, 5.41) is 0. The van der Waals surface area contributed by atoms with Crippen molar-refractivity contribution in [3.63, 3.8) is 0 Å². The Morgan fingerprint density at radius 3 is 2.81 bits per heavy atom. The van der Waals surface area contributed by atoms with Crippen LogP contribution in [0.4, 0.5) is 0 Å². The zero-order valence-electron chi connectivity index (χ0n) is 11.0. The van der Waals surface area contributed by atoms with Crippen molar-refractivity contribution in [1.29, 1.82) is 0 Å². The predicted molar refractivity (Wildman–Crippen MR) is 80.6 cm³/mol. The molecule has 0 bridgehead atoms. The maximum absolute atomic E-state index is 11.6. The van der Waals surface area contributed by atoms with Crippen molar-refractivity contribution in [2.45, 2.75) is 6.61 Å². The number of hydrogen-bond acceptors (Lipinski definition) is 5. The predicted octanol–water partition coefficient (Wildman–Crippen LogP) is 1.24. The van der Waals surface area contributed by atoms with Crippen LogP contribution in [0.15, 0.2) is 45.9 Å². The highest BCUT2D eigenvalue weighted by atomic mass is 32.1. The minimum atomic E-state index is -0.116. The number of oxazole rings is 1. The molecule has 0 spiro atoms. The van der Waals surface area contributed by atoms with Gasteiger partial charge in [0, 0.05) is 0 Å². The number of aromatic amines is 1. The Morgan fingerprint density at radius 2 is 2.19 bits per heavy atom. The van der Waals surface area contributed by atoms with E-state index >= 15 is 0 Å². The van der Waals surface area contributed by atoms with Gasteiger partial charge in [0.1, 0.15) is 12.0 Å². The van der Waals surface area contributed by atoms with Crippen molar-refractivity contribution in [3.8, 4) is 5.75 Å². The van der Waals surface area contributed by atoms with Gasteiger partial charge in [0.15, 0.2) is 6.61 Å². The summed E-state index contributed by atoms with van der Waals surface area (Å²) in [4.78, 5) is 18.2. The number of rotatable bonds is 4. The maximum atomic E-state index is 11.6. The van der Waals surface area contributed by atoms with Crippen LogP contribution in [0.1, 0.15) is 11.5 Å². The Morgan fingerprint density at radius 1 is 1.38 bits per heavy atom. The first-order valence-corrected chi connectivity index (χ1v) is 7.03. The van der Waals surface area contributed by atoms with Crippen LogP contribution in [-0.4, -0.2) is 9.97 Å². The highest BCUT2D eigenvalue weighted by molar-refractivity contribution is 7.07. The van der Waals surface area contributed by atoms with Gasteiger partial charge in [0.25, 0.3) is 5.56 Å². The average molecular weight is 300 g/mol. The Hall–Kier alpha value is -2.60. The summed E-state index contributed by atoms with van der Waals surface area (Å²) in [5.41, 5.74) is 0.806. The normalized spacial score (nSPS) is 11.7. The summed E-state index contributed by atoms with van der Waals surface area (Å²) in [6, 6.07) is 7.43. The van der Waals surface area contributed by atoms with Gasteiger partial charge in [-0.25, -0.2) is 4.98 Å². The van der Waals surface area contributed by atoms with E-state index in [-0.39, 0.29) is 12.2 Å². The van der Waals surface area contributed by atoms with E-state index < -0.39 is 0 Å². The quantitative estimate of drug-likeness (QED) is 0.787. The molecular weight excluding hydrogens is 288 g/mol. The standard InChI is InChI=1S/C15H12N2O3S/c1-10-17-15(18)13(21-10)8-11-2-4-12(5-3-11)20-9-14-16-6-7-19-14/h2-8H,1,9H2,(H,17,18)/b13-8-. The zero-order valence-corrected chi connectivity index (χ0v) is 11.9. The van der Waals surface area contributed by atoms with E-state index in [1.54, 1.807) is 6.20 Å². The summed E-state index contributed by atoms with van der Waals surface area (Å²) >= 11 is 1.34. The van der Waals surface area contributed by atoms with Gasteiger partial charge >= 0.3 is 0 Å². The largest absolute Gasteiger partial charge is 0.484 e. The number of thiazole rings is 1. The average Bonchev–Trinajstić information content (AvgIpc) is 3.08. The molecule has 0 saturated carbocycles. The highest BCUT2D eigenvalue weighted by Crippen LogP contribution is 2.14. The molecule has 1 aromatic carbocycles. The fourth-order valence-electron chi connectivity index (χ4n) is 1.77. The molecule has 0 fully saturated rings. The molecule has 5 nitrogen and oxygen atoms in total. The smallest absolute Gasteiger partial charge is 0.266 e. The molecule has 0 radical (unpaired) electrons. The van der Waals surface area contributed by atoms with Gasteiger partial charge in [-0.2, -0.15) is 0 Å². The second kappa shape index (κ2) is 5.80. The molecule has 0 unspecified atom stereocenters. The lowest BCUT2D eigenvalue weighted by Crippen LogP contribution is -2.19. The molecular formula is C15H12N2O3S. The molecule has 2 aromatic heterocycles. The molecule has 0 aliphatic heterocycles. The topological polar surface area (TPSA) is 68.1 Å². The van der Waals surface area contributed by atoms with Crippen molar-refractivity contribution in [2.75, 3.05) is 0 Å². The summed E-state index contributed by atoms with van der Waals surface area (Å²) in [7, 11) is 0. The van der Waals surface area contributed by atoms with Crippen LogP contribution in [0.5, 0.6) is 5.75 Å². The van der Waals surface area contributed by atoms with Crippen molar-refractivity contribution < 1.29 is 9.15 Å². The maximum Gasteiger partial charge on any atom is 0.266 e. The van der Waals surface area contributed by atoms with E-state index in [2.05, 4.69) is 16.5 Å². The van der Waals surface area contributed by atoms with Crippen molar-refractivity contribution >= 4 is 24.0 Å². The van der Waals surface area contributed by atoms with Gasteiger partial charge in [0.05, 0.1) is 15.4 Å². The monoisotopic (exact) mass is 300 g/mol.